The van der Waals surface area contributed by atoms with Crippen molar-refractivity contribution in [2.45, 2.75) is 111 Å². The molecule has 0 bridgehead atoms. The van der Waals surface area contributed by atoms with E-state index in [1.54, 1.807) is 0 Å². The van der Waals surface area contributed by atoms with Gasteiger partial charge in [0.05, 0.1) is 0 Å². The Hall–Kier alpha value is -2.86. The number of benzene rings is 2. The van der Waals surface area contributed by atoms with Crippen molar-refractivity contribution in [2.75, 3.05) is 19.6 Å². The van der Waals surface area contributed by atoms with Gasteiger partial charge in [-0.15, -0.1) is 0 Å². The van der Waals surface area contributed by atoms with E-state index in [-0.39, 0.29) is 5.97 Å². The molecule has 0 saturated carbocycles. The standard InChI is InChI=1S/C34H52N2O4/c1-25(2)29-18-16-27(5)31(23-29)39-33(37)15-12-10-8-7-9-11-13-20-35-21-14-22-36-34(38)40-32-24-30(26(3)4)19-17-28(32)6/h16-19,23-26,35H,7-15,20-22H2,1-6H3,(H,36,38). The van der Waals surface area contributed by atoms with Crippen molar-refractivity contribution < 1.29 is 19.1 Å². The summed E-state index contributed by atoms with van der Waals surface area (Å²) in [5, 5.41) is 6.29. The van der Waals surface area contributed by atoms with Gasteiger partial charge in [-0.3, -0.25) is 4.79 Å². The van der Waals surface area contributed by atoms with Gasteiger partial charge < -0.3 is 20.1 Å². The zero-order chi connectivity index (χ0) is 29.3. The molecule has 222 valence electrons. The smallest absolute Gasteiger partial charge is 0.412 e. The van der Waals surface area contributed by atoms with Gasteiger partial charge >= 0.3 is 12.1 Å². The van der Waals surface area contributed by atoms with E-state index in [4.69, 9.17) is 9.47 Å². The van der Waals surface area contributed by atoms with E-state index in [2.05, 4.69) is 50.5 Å². The molecular formula is C34H52N2O4. The first-order valence-corrected chi connectivity index (χ1v) is 15.3. The third-order valence-electron chi connectivity index (χ3n) is 7.22. The van der Waals surface area contributed by atoms with E-state index >= 15 is 0 Å². The van der Waals surface area contributed by atoms with Gasteiger partial charge in [0.1, 0.15) is 11.5 Å². The first kappa shape index (κ1) is 33.3. The van der Waals surface area contributed by atoms with Crippen molar-refractivity contribution in [1.29, 1.82) is 0 Å². The van der Waals surface area contributed by atoms with Gasteiger partial charge in [0, 0.05) is 13.0 Å². The lowest BCUT2D eigenvalue weighted by molar-refractivity contribution is -0.134. The minimum absolute atomic E-state index is 0.131. The molecule has 6 heteroatoms. The van der Waals surface area contributed by atoms with Crippen LogP contribution in [0, 0.1) is 13.8 Å². The molecule has 0 saturated heterocycles. The van der Waals surface area contributed by atoms with Crippen LogP contribution in [0.3, 0.4) is 0 Å². The number of esters is 1. The van der Waals surface area contributed by atoms with Crippen molar-refractivity contribution in [3.05, 3.63) is 58.7 Å². The lowest BCUT2D eigenvalue weighted by Crippen LogP contribution is -2.30. The van der Waals surface area contributed by atoms with Crippen LogP contribution in [0.2, 0.25) is 0 Å². The number of ether oxygens (including phenoxy) is 2. The summed E-state index contributed by atoms with van der Waals surface area (Å²) >= 11 is 0. The second-order valence-corrected chi connectivity index (χ2v) is 11.5. The van der Waals surface area contributed by atoms with Crippen molar-refractivity contribution in [2.24, 2.45) is 0 Å². The molecule has 1 amide bonds. The van der Waals surface area contributed by atoms with Crippen LogP contribution in [0.25, 0.3) is 0 Å². The fourth-order valence-corrected chi connectivity index (χ4v) is 4.41. The summed E-state index contributed by atoms with van der Waals surface area (Å²) in [4.78, 5) is 24.4. The van der Waals surface area contributed by atoms with Gasteiger partial charge in [-0.05, 0) is 92.4 Å². The van der Waals surface area contributed by atoms with E-state index in [0.717, 1.165) is 61.9 Å². The molecule has 2 aromatic rings. The molecule has 0 aromatic heterocycles. The van der Waals surface area contributed by atoms with Gasteiger partial charge in [0.2, 0.25) is 0 Å². The predicted octanol–water partition coefficient (Wildman–Crippen LogP) is 8.34. The van der Waals surface area contributed by atoms with E-state index in [1.165, 1.54) is 24.8 Å². The largest absolute Gasteiger partial charge is 0.426 e. The predicted molar refractivity (Wildman–Crippen MR) is 165 cm³/mol. The Morgan fingerprint density at radius 3 is 1.73 bits per heavy atom. The Morgan fingerprint density at radius 1 is 0.650 bits per heavy atom. The van der Waals surface area contributed by atoms with Crippen LogP contribution < -0.4 is 20.1 Å². The van der Waals surface area contributed by atoms with Crippen molar-refractivity contribution in [1.82, 2.24) is 10.6 Å². The Balaban J connectivity index is 1.41. The van der Waals surface area contributed by atoms with E-state index < -0.39 is 6.09 Å². The second kappa shape index (κ2) is 18.5. The van der Waals surface area contributed by atoms with Crippen LogP contribution in [0.5, 0.6) is 11.5 Å². The molecule has 0 aliphatic carbocycles. The maximum absolute atomic E-state index is 12.2. The highest BCUT2D eigenvalue weighted by molar-refractivity contribution is 5.73. The highest BCUT2D eigenvalue weighted by Crippen LogP contribution is 2.25. The fraction of sp³-hybridized carbons (Fsp3) is 0.588. The van der Waals surface area contributed by atoms with Crippen molar-refractivity contribution in [3.8, 4) is 11.5 Å². The van der Waals surface area contributed by atoms with Crippen LogP contribution in [0.4, 0.5) is 4.79 Å². The van der Waals surface area contributed by atoms with Crippen LogP contribution in [-0.4, -0.2) is 31.7 Å². The SMILES string of the molecule is Cc1ccc(C(C)C)cc1OC(=O)CCCCCCCCCNCCCNC(=O)Oc1cc(C(C)C)ccc1C. The first-order valence-electron chi connectivity index (χ1n) is 15.3. The Kier molecular flexibility index (Phi) is 15.4. The maximum atomic E-state index is 12.2. The summed E-state index contributed by atoms with van der Waals surface area (Å²) < 4.78 is 11.1. The Morgan fingerprint density at radius 2 is 1.15 bits per heavy atom. The van der Waals surface area contributed by atoms with Crippen molar-refractivity contribution in [3.63, 3.8) is 0 Å². The number of carbonyl (C=O) groups excluding carboxylic acids is 2. The monoisotopic (exact) mass is 552 g/mol. The number of nitrogens with one attached hydrogen (secondary N) is 2. The zero-order valence-corrected chi connectivity index (χ0v) is 25.7. The van der Waals surface area contributed by atoms with Gasteiger partial charge in [-0.1, -0.05) is 84.1 Å². The summed E-state index contributed by atoms with van der Waals surface area (Å²) in [7, 11) is 0. The molecule has 40 heavy (non-hydrogen) atoms. The third kappa shape index (κ3) is 13.0. The number of hydrogen-bond acceptors (Lipinski definition) is 5. The van der Waals surface area contributed by atoms with Crippen LogP contribution in [-0.2, 0) is 4.79 Å². The van der Waals surface area contributed by atoms with E-state index in [0.29, 0.717) is 36.3 Å². The molecule has 0 radical (unpaired) electrons. The fourth-order valence-electron chi connectivity index (χ4n) is 4.41. The number of rotatable bonds is 18. The lowest BCUT2D eigenvalue weighted by atomic mass is 10.0. The summed E-state index contributed by atoms with van der Waals surface area (Å²) in [6.45, 7) is 14.9. The summed E-state index contributed by atoms with van der Waals surface area (Å²) in [5.74, 6) is 2.00. The highest BCUT2D eigenvalue weighted by Gasteiger charge is 2.11. The minimum Gasteiger partial charge on any atom is -0.426 e. The summed E-state index contributed by atoms with van der Waals surface area (Å²) in [6, 6.07) is 12.1. The Labute approximate surface area is 242 Å². The van der Waals surface area contributed by atoms with E-state index in [1.807, 2.05) is 38.1 Å². The highest BCUT2D eigenvalue weighted by atomic mass is 16.6. The first-order chi connectivity index (χ1) is 19.2. The van der Waals surface area contributed by atoms with Gasteiger partial charge in [-0.2, -0.15) is 0 Å². The van der Waals surface area contributed by atoms with Crippen molar-refractivity contribution >= 4 is 12.1 Å². The average Bonchev–Trinajstić information content (AvgIpc) is 2.91. The molecule has 6 nitrogen and oxygen atoms in total. The van der Waals surface area contributed by atoms with Crippen LogP contribution in [0.15, 0.2) is 36.4 Å². The van der Waals surface area contributed by atoms with Gasteiger partial charge in [-0.25, -0.2) is 4.79 Å². The molecule has 0 heterocycles. The number of hydrogen-bond donors (Lipinski definition) is 2. The Bertz CT molecular complexity index is 965. The van der Waals surface area contributed by atoms with Gasteiger partial charge in [0.15, 0.2) is 0 Å². The molecule has 0 aliphatic rings. The summed E-state index contributed by atoms with van der Waals surface area (Å²) in [5.41, 5.74) is 4.31. The molecule has 2 aromatic carbocycles. The topological polar surface area (TPSA) is 76.7 Å². The lowest BCUT2D eigenvalue weighted by Gasteiger charge is -2.12. The minimum atomic E-state index is -0.396. The maximum Gasteiger partial charge on any atom is 0.412 e. The molecular weight excluding hydrogens is 500 g/mol. The number of unbranched alkanes of at least 4 members (excludes halogenated alkanes) is 6. The number of aryl methyl sites for hydroxylation is 2. The second-order valence-electron chi connectivity index (χ2n) is 11.5. The quantitative estimate of drug-likeness (QED) is 0.110. The van der Waals surface area contributed by atoms with E-state index in [9.17, 15) is 9.59 Å². The molecule has 0 unspecified atom stereocenters. The average molecular weight is 553 g/mol. The molecule has 2 N–H and O–H groups in total. The van der Waals surface area contributed by atoms with Gasteiger partial charge in [0.25, 0.3) is 0 Å². The number of amides is 1. The normalized spacial score (nSPS) is 11.2. The van der Waals surface area contributed by atoms with Crippen LogP contribution >= 0.6 is 0 Å². The summed E-state index contributed by atoms with van der Waals surface area (Å²) in [6.07, 6.45) is 8.85. The zero-order valence-electron chi connectivity index (χ0n) is 25.7. The molecule has 0 fully saturated rings. The number of carbonyl (C=O) groups is 2. The molecule has 0 atom stereocenters. The molecule has 0 aliphatic heterocycles. The van der Waals surface area contributed by atoms with Crippen LogP contribution in [0.1, 0.15) is 120 Å². The molecule has 2 rings (SSSR count). The molecule has 0 spiro atoms. The third-order valence-corrected chi connectivity index (χ3v) is 7.22.